The number of halogens is 1. The van der Waals surface area contributed by atoms with E-state index in [2.05, 4.69) is 95.4 Å². The first-order valence-corrected chi connectivity index (χ1v) is 18.9. The minimum Gasteiger partial charge on any atom is -0.340 e. The lowest BCUT2D eigenvalue weighted by molar-refractivity contribution is -0.132. The van der Waals surface area contributed by atoms with Gasteiger partial charge in [0.05, 0.1) is 16.3 Å². The molecule has 254 valence electrons. The van der Waals surface area contributed by atoms with Gasteiger partial charge in [-0.15, -0.1) is 0 Å². The molecule has 6 aromatic rings. The molecule has 2 heterocycles. The van der Waals surface area contributed by atoms with Gasteiger partial charge in [-0.3, -0.25) is 9.69 Å². The van der Waals surface area contributed by atoms with Crippen LogP contribution in [0.15, 0.2) is 138 Å². The van der Waals surface area contributed by atoms with E-state index in [9.17, 15) is 13.2 Å². The number of piperazine rings is 1. The Hall–Kier alpha value is -4.76. The van der Waals surface area contributed by atoms with E-state index in [1.807, 2.05) is 18.2 Å². The molecule has 1 saturated heterocycles. The Morgan fingerprint density at radius 1 is 0.740 bits per heavy atom. The van der Waals surface area contributed by atoms with Gasteiger partial charge in [0.25, 0.3) is 0 Å². The summed E-state index contributed by atoms with van der Waals surface area (Å²) < 4.78 is 28.6. The molecule has 0 unspecified atom stereocenters. The monoisotopic (exact) mass is 702 g/mol. The quantitative estimate of drug-likeness (QED) is 0.140. The number of carbonyl (C=O) groups is 1. The van der Waals surface area contributed by atoms with Crippen LogP contribution in [0, 0.1) is 6.92 Å². The molecule has 0 N–H and O–H groups in total. The molecule has 0 bridgehead atoms. The second-order valence-electron chi connectivity index (χ2n) is 12.8. The van der Waals surface area contributed by atoms with Crippen molar-refractivity contribution in [3.05, 3.63) is 167 Å². The number of hydrogen-bond acceptors (Lipinski definition) is 5. The van der Waals surface area contributed by atoms with Crippen molar-refractivity contribution in [1.29, 1.82) is 0 Å². The first-order valence-electron chi connectivity index (χ1n) is 16.9. The summed E-state index contributed by atoms with van der Waals surface area (Å²) >= 11 is 6.08. The third-order valence-electron chi connectivity index (χ3n) is 9.70. The molecule has 0 saturated carbocycles. The molecule has 0 aliphatic carbocycles. The van der Waals surface area contributed by atoms with Crippen LogP contribution < -0.4 is 0 Å². The van der Waals surface area contributed by atoms with Crippen LogP contribution in [-0.2, 0) is 26.7 Å². The highest BCUT2D eigenvalue weighted by molar-refractivity contribution is 7.91. The van der Waals surface area contributed by atoms with Gasteiger partial charge < -0.3 is 9.47 Å². The lowest BCUT2D eigenvalue weighted by Crippen LogP contribution is -2.48. The summed E-state index contributed by atoms with van der Waals surface area (Å²) in [7, 11) is -3.62. The van der Waals surface area contributed by atoms with Crippen LogP contribution in [0.25, 0.3) is 10.8 Å². The highest BCUT2D eigenvalue weighted by Gasteiger charge is 2.39. The zero-order chi connectivity index (χ0) is 34.7. The summed E-state index contributed by atoms with van der Waals surface area (Å²) in [5.74, 6) is 0.537. The third kappa shape index (κ3) is 6.71. The zero-order valence-electron chi connectivity index (χ0n) is 28.0. The van der Waals surface area contributed by atoms with E-state index >= 15 is 0 Å². The van der Waals surface area contributed by atoms with Gasteiger partial charge in [-0.1, -0.05) is 115 Å². The van der Waals surface area contributed by atoms with E-state index in [1.54, 1.807) is 41.3 Å². The van der Waals surface area contributed by atoms with E-state index in [1.165, 1.54) is 0 Å². The van der Waals surface area contributed by atoms with E-state index < -0.39 is 15.4 Å². The van der Waals surface area contributed by atoms with Gasteiger partial charge in [0.1, 0.15) is 11.4 Å². The molecular weight excluding hydrogens is 664 g/mol. The summed E-state index contributed by atoms with van der Waals surface area (Å²) in [6, 6.07) is 42.0. The molecule has 1 fully saturated rings. The van der Waals surface area contributed by atoms with E-state index in [4.69, 9.17) is 16.6 Å². The molecule has 0 atom stereocenters. The molecule has 1 aliphatic rings. The number of benzene rings is 5. The van der Waals surface area contributed by atoms with Crippen LogP contribution in [0.2, 0.25) is 5.02 Å². The minimum atomic E-state index is -3.62. The van der Waals surface area contributed by atoms with Gasteiger partial charge >= 0.3 is 0 Å². The van der Waals surface area contributed by atoms with Crippen molar-refractivity contribution in [3.63, 3.8) is 0 Å². The fourth-order valence-corrected chi connectivity index (χ4v) is 8.62. The number of hydrogen-bond donors (Lipinski definition) is 0. The van der Waals surface area contributed by atoms with E-state index in [0.29, 0.717) is 37.7 Å². The number of aromatic nitrogens is 2. The smallest absolute Gasteiger partial charge is 0.223 e. The molecular formula is C41H39ClN4O3S. The number of nitrogens with zero attached hydrogens (tertiary/aromatic N) is 4. The Morgan fingerprint density at radius 3 is 1.86 bits per heavy atom. The van der Waals surface area contributed by atoms with Crippen LogP contribution in [0.5, 0.6) is 0 Å². The first kappa shape index (κ1) is 33.7. The Morgan fingerprint density at radius 2 is 1.28 bits per heavy atom. The van der Waals surface area contributed by atoms with Gasteiger partial charge in [-0.05, 0) is 58.7 Å². The topological polar surface area (TPSA) is 75.5 Å². The van der Waals surface area contributed by atoms with Crippen molar-refractivity contribution in [2.75, 3.05) is 31.9 Å². The molecule has 1 aromatic heterocycles. The molecule has 0 spiro atoms. The fraction of sp³-hybridized carbons (Fsp3) is 0.220. The molecule has 1 amide bonds. The molecule has 50 heavy (non-hydrogen) atoms. The molecule has 7 rings (SSSR count). The standard InChI is InChI=1S/C41H39ClN4O3S/c1-31-43-38(30-46(31)41(34-11-5-2-6-12-34,35-13-7-3-8-14-35)36-15-9-4-10-16-36)29-44-22-24-45(25-23-44)40(47)21-26-50(48,49)39-20-18-32-27-37(42)19-17-33(32)28-39/h2-20,27-28,30H,21-26,29H2,1H3. The van der Waals surface area contributed by atoms with Crippen molar-refractivity contribution < 1.29 is 13.2 Å². The van der Waals surface area contributed by atoms with Crippen molar-refractivity contribution in [1.82, 2.24) is 19.4 Å². The second kappa shape index (κ2) is 14.2. The summed E-state index contributed by atoms with van der Waals surface area (Å²) in [6.07, 6.45) is 2.12. The molecule has 1 aliphatic heterocycles. The van der Waals surface area contributed by atoms with Crippen LogP contribution >= 0.6 is 11.6 Å². The van der Waals surface area contributed by atoms with Gasteiger partial charge in [0.2, 0.25) is 5.91 Å². The number of amides is 1. The van der Waals surface area contributed by atoms with E-state index in [0.717, 1.165) is 39.0 Å². The molecule has 0 radical (unpaired) electrons. The Bertz CT molecular complexity index is 2120. The maximum Gasteiger partial charge on any atom is 0.223 e. The molecule has 7 nitrogen and oxygen atoms in total. The largest absolute Gasteiger partial charge is 0.340 e. The van der Waals surface area contributed by atoms with Crippen LogP contribution in [-0.4, -0.2) is 65.6 Å². The Balaban J connectivity index is 1.05. The number of rotatable bonds is 10. The van der Waals surface area contributed by atoms with Gasteiger partial charge in [0.15, 0.2) is 9.84 Å². The Kier molecular flexibility index (Phi) is 9.60. The molecule has 9 heteroatoms. The van der Waals surface area contributed by atoms with Crippen LogP contribution in [0.4, 0.5) is 0 Å². The number of imidazole rings is 1. The lowest BCUT2D eigenvalue weighted by Gasteiger charge is -2.38. The number of aryl methyl sites for hydroxylation is 1. The minimum absolute atomic E-state index is 0.0505. The van der Waals surface area contributed by atoms with Crippen LogP contribution in [0.1, 0.15) is 34.6 Å². The fourth-order valence-electron chi connectivity index (χ4n) is 7.17. The number of fused-ring (bicyclic) bond motifs is 1. The number of sulfone groups is 1. The maximum atomic E-state index is 13.2. The lowest BCUT2D eigenvalue weighted by atomic mass is 9.76. The summed E-state index contributed by atoms with van der Waals surface area (Å²) in [5, 5.41) is 2.26. The van der Waals surface area contributed by atoms with Gasteiger partial charge in [-0.2, -0.15) is 0 Å². The van der Waals surface area contributed by atoms with Crippen LogP contribution in [0.3, 0.4) is 0 Å². The van der Waals surface area contributed by atoms with E-state index in [-0.39, 0.29) is 23.0 Å². The van der Waals surface area contributed by atoms with Gasteiger partial charge in [0, 0.05) is 50.4 Å². The average molecular weight is 703 g/mol. The predicted octanol–water partition coefficient (Wildman–Crippen LogP) is 7.35. The highest BCUT2D eigenvalue weighted by Crippen LogP contribution is 2.41. The van der Waals surface area contributed by atoms with Crippen molar-refractivity contribution in [2.45, 2.75) is 30.3 Å². The number of carbonyl (C=O) groups excluding carboxylic acids is 1. The first-order chi connectivity index (χ1) is 24.2. The Labute approximate surface area is 298 Å². The summed E-state index contributed by atoms with van der Waals surface area (Å²) in [4.78, 5) is 22.6. The highest BCUT2D eigenvalue weighted by atomic mass is 35.5. The summed E-state index contributed by atoms with van der Waals surface area (Å²) in [5.41, 5.74) is 3.75. The predicted molar refractivity (Wildman–Crippen MR) is 199 cm³/mol. The maximum absolute atomic E-state index is 13.2. The van der Waals surface area contributed by atoms with Crippen molar-refractivity contribution >= 4 is 38.1 Å². The normalized spacial score (nSPS) is 14.2. The SMILES string of the molecule is Cc1nc(CN2CCN(C(=O)CCS(=O)(=O)c3ccc4cc(Cl)ccc4c3)CC2)cn1C(c1ccccc1)(c1ccccc1)c1ccccc1. The zero-order valence-corrected chi connectivity index (χ0v) is 29.5. The summed E-state index contributed by atoms with van der Waals surface area (Å²) in [6.45, 7) is 5.14. The molecule has 5 aromatic carbocycles. The van der Waals surface area contributed by atoms with Gasteiger partial charge in [-0.25, -0.2) is 13.4 Å². The average Bonchev–Trinajstić information content (AvgIpc) is 3.51. The van der Waals surface area contributed by atoms with Crippen molar-refractivity contribution in [3.8, 4) is 0 Å². The third-order valence-corrected chi connectivity index (χ3v) is 11.6. The second-order valence-corrected chi connectivity index (χ2v) is 15.4. The van der Waals surface area contributed by atoms with Crippen molar-refractivity contribution in [2.24, 2.45) is 0 Å².